The van der Waals surface area contributed by atoms with Gasteiger partial charge in [-0.25, -0.2) is 4.39 Å². The second-order valence-electron chi connectivity index (χ2n) is 5.09. The first-order chi connectivity index (χ1) is 10.1. The van der Waals surface area contributed by atoms with Crippen molar-refractivity contribution in [2.45, 2.75) is 31.5 Å². The van der Waals surface area contributed by atoms with Gasteiger partial charge in [-0.15, -0.1) is 0 Å². The Hall–Kier alpha value is -1.68. The van der Waals surface area contributed by atoms with Crippen LogP contribution in [0, 0.1) is 5.82 Å². The fourth-order valence-electron chi connectivity index (χ4n) is 2.01. The minimum Gasteiger partial charge on any atom is -0.491 e. The van der Waals surface area contributed by atoms with Crippen LogP contribution in [0.3, 0.4) is 0 Å². The minimum absolute atomic E-state index is 0.0613. The quantitative estimate of drug-likeness (QED) is 0.804. The average Bonchev–Trinajstić information content (AvgIpc) is 2.43. The molecule has 0 N–H and O–H groups in total. The molecule has 0 heterocycles. The second-order valence-corrected chi connectivity index (χ2v) is 6.55. The van der Waals surface area contributed by atoms with Crippen LogP contribution in [-0.4, -0.2) is 10.3 Å². The van der Waals surface area contributed by atoms with Gasteiger partial charge >= 0.3 is 0 Å². The number of benzene rings is 2. The van der Waals surface area contributed by atoms with Gasteiger partial charge in [-0.3, -0.25) is 4.21 Å². The summed E-state index contributed by atoms with van der Waals surface area (Å²) in [7, 11) is -1.18. The molecule has 2 aromatic rings. The van der Waals surface area contributed by atoms with Crippen LogP contribution in [0.15, 0.2) is 48.5 Å². The number of para-hydroxylation sites is 1. The second kappa shape index (κ2) is 7.36. The van der Waals surface area contributed by atoms with Crippen LogP contribution >= 0.6 is 0 Å². The van der Waals surface area contributed by atoms with E-state index in [0.717, 1.165) is 11.3 Å². The summed E-state index contributed by atoms with van der Waals surface area (Å²) in [5.74, 6) is 1.01. The Bertz CT molecular complexity index is 626. The molecular weight excluding hydrogens is 287 g/mol. The maximum Gasteiger partial charge on any atom is 0.127 e. The Kier molecular flexibility index (Phi) is 5.51. The molecule has 4 heteroatoms. The minimum atomic E-state index is -1.18. The van der Waals surface area contributed by atoms with Crippen LogP contribution in [0.2, 0.25) is 0 Å². The normalized spacial score (nSPS) is 12.4. The lowest BCUT2D eigenvalue weighted by Gasteiger charge is -2.14. The summed E-state index contributed by atoms with van der Waals surface area (Å²) in [6.45, 7) is 3.90. The molecular formula is C17H19FO2S. The molecule has 0 fully saturated rings. The van der Waals surface area contributed by atoms with Gasteiger partial charge < -0.3 is 4.74 Å². The van der Waals surface area contributed by atoms with Crippen molar-refractivity contribution in [2.24, 2.45) is 0 Å². The van der Waals surface area contributed by atoms with Crippen LogP contribution in [0.1, 0.15) is 25.0 Å². The molecule has 0 saturated heterocycles. The topological polar surface area (TPSA) is 26.3 Å². The monoisotopic (exact) mass is 306 g/mol. The molecule has 0 spiro atoms. The summed E-state index contributed by atoms with van der Waals surface area (Å²) >= 11 is 0. The van der Waals surface area contributed by atoms with Crippen molar-refractivity contribution in [3.8, 4) is 5.75 Å². The fraction of sp³-hybridized carbons (Fsp3) is 0.294. The Morgan fingerprint density at radius 3 is 2.24 bits per heavy atom. The first-order valence-electron chi connectivity index (χ1n) is 6.89. The Morgan fingerprint density at radius 2 is 1.57 bits per heavy atom. The molecule has 2 nitrogen and oxygen atoms in total. The van der Waals surface area contributed by atoms with Crippen molar-refractivity contribution < 1.29 is 13.3 Å². The first kappa shape index (κ1) is 15.7. The lowest BCUT2D eigenvalue weighted by molar-refractivity contribution is 0.240. The molecule has 0 bridgehead atoms. The first-order valence-corrected chi connectivity index (χ1v) is 8.38. The third-order valence-electron chi connectivity index (χ3n) is 2.93. The SMILES string of the molecule is CC(C)Oc1ccccc1C[S@](=O)Cc1ccccc1F. The van der Waals surface area contributed by atoms with Crippen LogP contribution in [0.5, 0.6) is 5.75 Å². The predicted octanol–water partition coefficient (Wildman–Crippen LogP) is 4.06. The lowest BCUT2D eigenvalue weighted by Crippen LogP contribution is -2.09. The van der Waals surface area contributed by atoms with Crippen molar-refractivity contribution >= 4 is 10.8 Å². The summed E-state index contributed by atoms with van der Waals surface area (Å²) in [6, 6.07) is 14.0. The van der Waals surface area contributed by atoms with E-state index in [2.05, 4.69) is 0 Å². The van der Waals surface area contributed by atoms with Gasteiger partial charge in [0.25, 0.3) is 0 Å². The van der Waals surface area contributed by atoms with Crippen molar-refractivity contribution in [1.29, 1.82) is 0 Å². The van der Waals surface area contributed by atoms with Crippen LogP contribution < -0.4 is 4.74 Å². The summed E-state index contributed by atoms with van der Waals surface area (Å²) in [6.07, 6.45) is 0.0613. The third-order valence-corrected chi connectivity index (χ3v) is 4.19. The average molecular weight is 306 g/mol. The standard InChI is InChI=1S/C17H19FO2S/c1-13(2)20-17-10-6-4-8-15(17)12-21(19)11-14-7-3-5-9-16(14)18/h3-10,13H,11-12H2,1-2H3/t21-/m1/s1. The summed E-state index contributed by atoms with van der Waals surface area (Å²) in [5.41, 5.74) is 1.37. The van der Waals surface area contributed by atoms with Gasteiger partial charge in [-0.2, -0.15) is 0 Å². The highest BCUT2D eigenvalue weighted by molar-refractivity contribution is 7.83. The number of ether oxygens (including phenoxy) is 1. The Morgan fingerprint density at radius 1 is 1.00 bits per heavy atom. The molecule has 0 amide bonds. The number of halogens is 1. The molecule has 2 aromatic carbocycles. The maximum atomic E-state index is 13.6. The van der Waals surface area contributed by atoms with Gasteiger partial charge in [0.05, 0.1) is 17.6 Å². The van der Waals surface area contributed by atoms with Gasteiger partial charge in [-0.05, 0) is 26.0 Å². The van der Waals surface area contributed by atoms with E-state index < -0.39 is 10.8 Å². The zero-order valence-corrected chi connectivity index (χ0v) is 13.0. The van der Waals surface area contributed by atoms with E-state index in [1.54, 1.807) is 18.2 Å². The fourth-order valence-corrected chi connectivity index (χ4v) is 3.27. The Balaban J connectivity index is 2.08. The van der Waals surface area contributed by atoms with Gasteiger partial charge in [0, 0.05) is 21.9 Å². The van der Waals surface area contributed by atoms with E-state index in [1.807, 2.05) is 38.1 Å². The highest BCUT2D eigenvalue weighted by Gasteiger charge is 2.11. The molecule has 2 rings (SSSR count). The van der Waals surface area contributed by atoms with Gasteiger partial charge in [0.2, 0.25) is 0 Å². The Labute approximate surface area is 127 Å². The maximum absolute atomic E-state index is 13.6. The molecule has 0 aliphatic heterocycles. The molecule has 0 radical (unpaired) electrons. The molecule has 0 unspecified atom stereocenters. The summed E-state index contributed by atoms with van der Waals surface area (Å²) in [4.78, 5) is 0. The van der Waals surface area contributed by atoms with Gasteiger partial charge in [0.1, 0.15) is 11.6 Å². The largest absolute Gasteiger partial charge is 0.491 e. The van der Waals surface area contributed by atoms with E-state index in [4.69, 9.17) is 4.74 Å². The van der Waals surface area contributed by atoms with Gasteiger partial charge in [0.15, 0.2) is 0 Å². The summed E-state index contributed by atoms with van der Waals surface area (Å²) < 4.78 is 31.6. The molecule has 1 atom stereocenters. The molecule has 21 heavy (non-hydrogen) atoms. The van der Waals surface area contributed by atoms with Crippen molar-refractivity contribution in [3.05, 3.63) is 65.5 Å². The molecule has 112 valence electrons. The van der Waals surface area contributed by atoms with E-state index in [0.29, 0.717) is 11.3 Å². The smallest absolute Gasteiger partial charge is 0.127 e. The zero-order valence-electron chi connectivity index (χ0n) is 12.2. The van der Waals surface area contributed by atoms with E-state index in [-0.39, 0.29) is 17.7 Å². The van der Waals surface area contributed by atoms with Crippen LogP contribution in [-0.2, 0) is 22.3 Å². The van der Waals surface area contributed by atoms with E-state index >= 15 is 0 Å². The van der Waals surface area contributed by atoms with E-state index in [1.165, 1.54) is 6.07 Å². The highest BCUT2D eigenvalue weighted by atomic mass is 32.2. The molecule has 0 aliphatic rings. The summed E-state index contributed by atoms with van der Waals surface area (Å²) in [5, 5.41) is 0. The van der Waals surface area contributed by atoms with Crippen LogP contribution in [0.4, 0.5) is 4.39 Å². The van der Waals surface area contributed by atoms with Crippen molar-refractivity contribution in [3.63, 3.8) is 0 Å². The number of rotatable bonds is 6. The number of hydrogen-bond acceptors (Lipinski definition) is 2. The van der Waals surface area contributed by atoms with Gasteiger partial charge in [-0.1, -0.05) is 36.4 Å². The zero-order chi connectivity index (χ0) is 15.2. The van der Waals surface area contributed by atoms with Crippen LogP contribution in [0.25, 0.3) is 0 Å². The third kappa shape index (κ3) is 4.67. The number of hydrogen-bond donors (Lipinski definition) is 0. The molecule has 0 aliphatic carbocycles. The highest BCUT2D eigenvalue weighted by Crippen LogP contribution is 2.22. The predicted molar refractivity (Wildman–Crippen MR) is 84.2 cm³/mol. The van der Waals surface area contributed by atoms with E-state index in [9.17, 15) is 8.60 Å². The lowest BCUT2D eigenvalue weighted by atomic mass is 10.2. The van der Waals surface area contributed by atoms with Crippen molar-refractivity contribution in [2.75, 3.05) is 0 Å². The van der Waals surface area contributed by atoms with Crippen molar-refractivity contribution in [1.82, 2.24) is 0 Å². The molecule has 0 saturated carbocycles. The molecule has 0 aromatic heterocycles.